The smallest absolute Gasteiger partial charge is 0.193 e. The van der Waals surface area contributed by atoms with Crippen molar-refractivity contribution in [3.8, 4) is 0 Å². The molecule has 0 aliphatic rings. The monoisotopic (exact) mass is 306 g/mol. The van der Waals surface area contributed by atoms with Crippen LogP contribution >= 0.6 is 22.9 Å². The van der Waals surface area contributed by atoms with E-state index >= 15 is 0 Å². The summed E-state index contributed by atoms with van der Waals surface area (Å²) in [5.74, 6) is 0. The van der Waals surface area contributed by atoms with E-state index in [9.17, 15) is 5.11 Å². The van der Waals surface area contributed by atoms with Gasteiger partial charge in [-0.25, -0.2) is 4.98 Å². The zero-order chi connectivity index (χ0) is 14.2. The second kappa shape index (κ2) is 5.20. The number of thiazole rings is 1. The first-order chi connectivity index (χ1) is 9.52. The summed E-state index contributed by atoms with van der Waals surface area (Å²) in [4.78, 5) is 5.47. The van der Waals surface area contributed by atoms with Crippen LogP contribution in [0.5, 0.6) is 0 Å². The van der Waals surface area contributed by atoms with Crippen LogP contribution in [0.1, 0.15) is 18.2 Å². The van der Waals surface area contributed by atoms with Crippen molar-refractivity contribution in [3.63, 3.8) is 0 Å². The highest BCUT2D eigenvalue weighted by Gasteiger charge is 2.23. The molecule has 104 valence electrons. The van der Waals surface area contributed by atoms with Gasteiger partial charge in [0.2, 0.25) is 0 Å². The van der Waals surface area contributed by atoms with Gasteiger partial charge in [-0.2, -0.15) is 0 Å². The predicted molar refractivity (Wildman–Crippen MR) is 82.6 cm³/mol. The molecule has 0 saturated heterocycles. The van der Waals surface area contributed by atoms with Crippen LogP contribution in [0.3, 0.4) is 0 Å². The van der Waals surface area contributed by atoms with E-state index in [4.69, 9.17) is 11.6 Å². The summed E-state index contributed by atoms with van der Waals surface area (Å²) in [6.07, 6.45) is 5.06. The van der Waals surface area contributed by atoms with Gasteiger partial charge < -0.3 is 5.11 Å². The van der Waals surface area contributed by atoms with Crippen molar-refractivity contribution in [2.24, 2.45) is 0 Å². The van der Waals surface area contributed by atoms with Crippen molar-refractivity contribution in [3.05, 3.63) is 58.3 Å². The molecule has 0 amide bonds. The van der Waals surface area contributed by atoms with Gasteiger partial charge in [-0.3, -0.25) is 4.40 Å². The number of halogens is 1. The van der Waals surface area contributed by atoms with Gasteiger partial charge in [0, 0.05) is 35.6 Å². The average molecular weight is 307 g/mol. The van der Waals surface area contributed by atoms with E-state index < -0.39 is 5.60 Å². The molecule has 0 bridgehead atoms. The number of aliphatic hydroxyl groups is 1. The normalized spacial score (nSPS) is 14.6. The Kier molecular flexibility index (Phi) is 3.54. The molecule has 2 aromatic heterocycles. The van der Waals surface area contributed by atoms with Gasteiger partial charge >= 0.3 is 0 Å². The number of rotatable bonds is 4. The van der Waals surface area contributed by atoms with Crippen LogP contribution < -0.4 is 0 Å². The number of hydrogen-bond donors (Lipinski definition) is 1. The fourth-order valence-electron chi connectivity index (χ4n) is 2.36. The van der Waals surface area contributed by atoms with Gasteiger partial charge in [-0.05, 0) is 24.6 Å². The Hall–Kier alpha value is -1.36. The average Bonchev–Trinajstić information content (AvgIpc) is 2.92. The molecule has 0 radical (unpaired) electrons. The Morgan fingerprint density at radius 3 is 2.75 bits per heavy atom. The van der Waals surface area contributed by atoms with Crippen molar-refractivity contribution >= 4 is 27.9 Å². The second-order valence-corrected chi connectivity index (χ2v) is 6.61. The standard InChI is InChI=1S/C15H15ClN2OS/c1-15(19,8-11-2-4-12(16)5-3-11)9-13-10-18-6-7-20-14(18)17-13/h2-7,10,19H,8-9H2,1H3. The van der Waals surface area contributed by atoms with Crippen molar-refractivity contribution in [1.82, 2.24) is 9.38 Å². The van der Waals surface area contributed by atoms with E-state index in [0.29, 0.717) is 17.9 Å². The van der Waals surface area contributed by atoms with Crippen molar-refractivity contribution < 1.29 is 5.11 Å². The summed E-state index contributed by atoms with van der Waals surface area (Å²) in [7, 11) is 0. The molecular weight excluding hydrogens is 292 g/mol. The summed E-state index contributed by atoms with van der Waals surface area (Å²) in [6, 6.07) is 7.59. The quantitative estimate of drug-likeness (QED) is 0.800. The number of fused-ring (bicyclic) bond motifs is 1. The maximum absolute atomic E-state index is 10.6. The first-order valence-electron chi connectivity index (χ1n) is 6.40. The molecule has 20 heavy (non-hydrogen) atoms. The fourth-order valence-corrected chi connectivity index (χ4v) is 3.20. The van der Waals surface area contributed by atoms with Crippen LogP contribution in [0, 0.1) is 0 Å². The Bertz CT molecular complexity index is 686. The van der Waals surface area contributed by atoms with E-state index in [1.165, 1.54) is 0 Å². The third-order valence-electron chi connectivity index (χ3n) is 3.20. The Balaban J connectivity index is 1.74. The lowest BCUT2D eigenvalue weighted by Gasteiger charge is -2.22. The molecule has 1 N–H and O–H groups in total. The van der Waals surface area contributed by atoms with Crippen LogP contribution in [0.2, 0.25) is 5.02 Å². The minimum absolute atomic E-state index is 0.532. The largest absolute Gasteiger partial charge is 0.389 e. The van der Waals surface area contributed by atoms with Gasteiger partial charge in [-0.15, -0.1) is 11.3 Å². The van der Waals surface area contributed by atoms with Gasteiger partial charge in [-0.1, -0.05) is 23.7 Å². The lowest BCUT2D eigenvalue weighted by atomic mass is 9.92. The third-order valence-corrected chi connectivity index (χ3v) is 4.23. The second-order valence-electron chi connectivity index (χ2n) is 5.30. The Labute approximate surface area is 126 Å². The maximum Gasteiger partial charge on any atom is 0.193 e. The number of nitrogens with zero attached hydrogens (tertiary/aromatic N) is 2. The molecule has 0 aliphatic carbocycles. The molecule has 0 spiro atoms. The summed E-state index contributed by atoms with van der Waals surface area (Å²) >= 11 is 7.47. The van der Waals surface area contributed by atoms with Gasteiger partial charge in [0.15, 0.2) is 4.96 Å². The van der Waals surface area contributed by atoms with E-state index in [2.05, 4.69) is 4.98 Å². The van der Waals surface area contributed by atoms with Crippen molar-refractivity contribution in [1.29, 1.82) is 0 Å². The minimum Gasteiger partial charge on any atom is -0.389 e. The highest BCUT2D eigenvalue weighted by atomic mass is 35.5. The molecule has 5 heteroatoms. The van der Waals surface area contributed by atoms with E-state index in [1.54, 1.807) is 11.3 Å². The van der Waals surface area contributed by atoms with E-state index in [-0.39, 0.29) is 0 Å². The molecule has 3 rings (SSSR count). The first-order valence-corrected chi connectivity index (χ1v) is 7.65. The van der Waals surface area contributed by atoms with Gasteiger partial charge in [0.25, 0.3) is 0 Å². The maximum atomic E-state index is 10.6. The number of hydrogen-bond acceptors (Lipinski definition) is 3. The van der Waals surface area contributed by atoms with Gasteiger partial charge in [0.05, 0.1) is 11.3 Å². The summed E-state index contributed by atoms with van der Waals surface area (Å²) in [5, 5.41) is 13.3. The Morgan fingerprint density at radius 2 is 2.05 bits per heavy atom. The van der Waals surface area contributed by atoms with Crippen LogP contribution in [0.25, 0.3) is 4.96 Å². The molecule has 2 heterocycles. The van der Waals surface area contributed by atoms with Crippen molar-refractivity contribution in [2.75, 3.05) is 0 Å². The third kappa shape index (κ3) is 3.03. The van der Waals surface area contributed by atoms with E-state index in [0.717, 1.165) is 16.2 Å². The van der Waals surface area contributed by atoms with Crippen LogP contribution in [0.4, 0.5) is 0 Å². The molecule has 1 aromatic carbocycles. The lowest BCUT2D eigenvalue weighted by molar-refractivity contribution is 0.0600. The van der Waals surface area contributed by atoms with E-state index in [1.807, 2.05) is 53.4 Å². The number of aromatic nitrogens is 2. The highest BCUT2D eigenvalue weighted by Crippen LogP contribution is 2.21. The zero-order valence-corrected chi connectivity index (χ0v) is 12.7. The highest BCUT2D eigenvalue weighted by molar-refractivity contribution is 7.15. The zero-order valence-electron chi connectivity index (χ0n) is 11.1. The van der Waals surface area contributed by atoms with Crippen LogP contribution in [-0.2, 0) is 12.8 Å². The van der Waals surface area contributed by atoms with Crippen LogP contribution in [0.15, 0.2) is 42.0 Å². The SMILES string of the molecule is CC(O)(Cc1ccc(Cl)cc1)Cc1cn2ccsc2n1. The molecule has 1 unspecified atom stereocenters. The molecule has 0 aliphatic heterocycles. The first kappa shape index (κ1) is 13.6. The molecule has 3 aromatic rings. The van der Waals surface area contributed by atoms with Gasteiger partial charge in [0.1, 0.15) is 0 Å². The molecule has 0 saturated carbocycles. The van der Waals surface area contributed by atoms with Crippen molar-refractivity contribution in [2.45, 2.75) is 25.4 Å². The number of imidazole rings is 1. The molecule has 0 fully saturated rings. The minimum atomic E-state index is -0.822. The molecule has 1 atom stereocenters. The summed E-state index contributed by atoms with van der Waals surface area (Å²) in [6.45, 7) is 1.84. The molecule has 3 nitrogen and oxygen atoms in total. The summed E-state index contributed by atoms with van der Waals surface area (Å²) < 4.78 is 1.98. The lowest BCUT2D eigenvalue weighted by Crippen LogP contribution is -2.30. The molecular formula is C15H15ClN2OS. The van der Waals surface area contributed by atoms with Crippen LogP contribution in [-0.4, -0.2) is 20.1 Å². The number of benzene rings is 1. The fraction of sp³-hybridized carbons (Fsp3) is 0.267. The topological polar surface area (TPSA) is 37.5 Å². The Morgan fingerprint density at radius 1 is 1.30 bits per heavy atom. The predicted octanol–water partition coefficient (Wildman–Crippen LogP) is 3.59. The summed E-state index contributed by atoms with van der Waals surface area (Å²) in [5.41, 5.74) is 1.16.